The number of rotatable bonds is 5. The van der Waals surface area contributed by atoms with Gasteiger partial charge in [-0.2, -0.15) is 0 Å². The molecule has 1 aliphatic heterocycles. The Labute approximate surface area is 180 Å². The smallest absolute Gasteiger partial charge is 0.321 e. The number of hydrogen-bond donors (Lipinski definition) is 1. The molecule has 1 N–H and O–H groups in total. The Kier molecular flexibility index (Phi) is 6.26. The summed E-state index contributed by atoms with van der Waals surface area (Å²) in [6, 6.07) is 18.6. The Morgan fingerprint density at radius 1 is 1.03 bits per heavy atom. The van der Waals surface area contributed by atoms with Crippen LogP contribution in [0.3, 0.4) is 0 Å². The lowest BCUT2D eigenvalue weighted by Crippen LogP contribution is -2.42. The van der Waals surface area contributed by atoms with Crippen molar-refractivity contribution in [3.8, 4) is 11.5 Å². The molecule has 1 aliphatic rings. The van der Waals surface area contributed by atoms with Gasteiger partial charge in [-0.05, 0) is 44.0 Å². The lowest BCUT2D eigenvalue weighted by atomic mass is 9.97. The Balaban J connectivity index is 1.27. The number of nitrogens with one attached hydrogen (secondary N) is 1. The number of para-hydroxylation sites is 1. The molecule has 0 saturated carbocycles. The SMILES string of the molecule is C[C@H](OC(=O)C1CCN(C(=O)Nc2ccccc2)CC1)c1nnc(-c2ccccc2)o1. The third-order valence-electron chi connectivity index (χ3n) is 5.24. The van der Waals surface area contributed by atoms with Gasteiger partial charge in [-0.3, -0.25) is 4.79 Å². The Hall–Kier alpha value is -3.68. The van der Waals surface area contributed by atoms with Crippen LogP contribution in [0.25, 0.3) is 11.5 Å². The minimum Gasteiger partial charge on any atom is -0.452 e. The van der Waals surface area contributed by atoms with Crippen molar-refractivity contribution in [2.75, 3.05) is 18.4 Å². The average Bonchev–Trinajstić information content (AvgIpc) is 3.31. The number of likely N-dealkylation sites (tertiary alicyclic amines) is 1. The highest BCUT2D eigenvalue weighted by atomic mass is 16.6. The minimum absolute atomic E-state index is 0.161. The topological polar surface area (TPSA) is 97.6 Å². The first kappa shape index (κ1) is 20.6. The zero-order chi connectivity index (χ0) is 21.6. The molecule has 0 spiro atoms. The molecule has 3 aromatic rings. The third-order valence-corrected chi connectivity index (χ3v) is 5.24. The molecule has 1 fully saturated rings. The molecule has 0 unspecified atom stereocenters. The number of hydrogen-bond acceptors (Lipinski definition) is 6. The third kappa shape index (κ3) is 5.09. The number of benzene rings is 2. The number of piperidine rings is 1. The van der Waals surface area contributed by atoms with Gasteiger partial charge in [0.1, 0.15) is 0 Å². The largest absolute Gasteiger partial charge is 0.452 e. The van der Waals surface area contributed by atoms with E-state index in [1.165, 1.54) is 0 Å². The molecule has 8 heteroatoms. The first-order valence-electron chi connectivity index (χ1n) is 10.3. The van der Waals surface area contributed by atoms with Crippen LogP contribution in [0.1, 0.15) is 31.8 Å². The van der Waals surface area contributed by atoms with Crippen LogP contribution in [0.15, 0.2) is 65.1 Å². The Morgan fingerprint density at radius 2 is 1.68 bits per heavy atom. The lowest BCUT2D eigenvalue weighted by molar-refractivity contribution is -0.156. The molecule has 0 aliphatic carbocycles. The molecule has 160 valence electrons. The zero-order valence-electron chi connectivity index (χ0n) is 17.2. The Bertz CT molecular complexity index is 1010. The van der Waals surface area contributed by atoms with Gasteiger partial charge in [0.05, 0.1) is 5.92 Å². The molecule has 4 rings (SSSR count). The van der Waals surface area contributed by atoms with Crippen molar-refractivity contribution in [1.29, 1.82) is 0 Å². The second-order valence-electron chi connectivity index (χ2n) is 7.45. The molecule has 1 aromatic heterocycles. The van der Waals surface area contributed by atoms with E-state index in [4.69, 9.17) is 9.15 Å². The van der Waals surface area contributed by atoms with E-state index in [0.29, 0.717) is 31.8 Å². The van der Waals surface area contributed by atoms with Gasteiger partial charge in [0.15, 0.2) is 6.10 Å². The molecule has 2 amide bonds. The molecular weight excluding hydrogens is 396 g/mol. The molecular formula is C23H24N4O4. The van der Waals surface area contributed by atoms with Gasteiger partial charge in [-0.15, -0.1) is 10.2 Å². The normalized spacial score (nSPS) is 15.3. The maximum atomic E-state index is 12.6. The summed E-state index contributed by atoms with van der Waals surface area (Å²) in [7, 11) is 0. The molecule has 0 radical (unpaired) electrons. The van der Waals surface area contributed by atoms with E-state index in [-0.39, 0.29) is 23.8 Å². The molecule has 1 saturated heterocycles. The van der Waals surface area contributed by atoms with E-state index < -0.39 is 6.10 Å². The van der Waals surface area contributed by atoms with Crippen LogP contribution in [0, 0.1) is 5.92 Å². The van der Waals surface area contributed by atoms with Gasteiger partial charge in [-0.25, -0.2) is 4.79 Å². The van der Waals surface area contributed by atoms with Crippen LogP contribution in [-0.2, 0) is 9.53 Å². The van der Waals surface area contributed by atoms with E-state index in [9.17, 15) is 9.59 Å². The predicted octanol–water partition coefficient (Wildman–Crippen LogP) is 4.28. The fourth-order valence-electron chi connectivity index (χ4n) is 3.46. The highest BCUT2D eigenvalue weighted by Gasteiger charge is 2.30. The standard InChI is InChI=1S/C23H24N4O4/c1-16(20-25-26-21(31-20)17-8-4-2-5-9-17)30-22(28)18-12-14-27(15-13-18)23(29)24-19-10-6-3-7-11-19/h2-11,16,18H,12-15H2,1H3,(H,24,29)/t16-/m0/s1. The first-order chi connectivity index (χ1) is 15.1. The Morgan fingerprint density at radius 3 is 2.35 bits per heavy atom. The number of carbonyl (C=O) groups is 2. The van der Waals surface area contributed by atoms with Crippen molar-refractivity contribution in [3.05, 3.63) is 66.6 Å². The van der Waals surface area contributed by atoms with Crippen molar-refractivity contribution >= 4 is 17.7 Å². The zero-order valence-corrected chi connectivity index (χ0v) is 17.2. The van der Waals surface area contributed by atoms with Gasteiger partial charge >= 0.3 is 12.0 Å². The van der Waals surface area contributed by atoms with Crippen LogP contribution in [-0.4, -0.2) is 40.2 Å². The fourth-order valence-corrected chi connectivity index (χ4v) is 3.46. The monoisotopic (exact) mass is 420 g/mol. The maximum absolute atomic E-state index is 12.6. The minimum atomic E-state index is -0.642. The number of anilines is 1. The maximum Gasteiger partial charge on any atom is 0.321 e. The van der Waals surface area contributed by atoms with Crippen LogP contribution in [0.5, 0.6) is 0 Å². The van der Waals surface area contributed by atoms with E-state index in [0.717, 1.165) is 11.3 Å². The summed E-state index contributed by atoms with van der Waals surface area (Å²) >= 11 is 0. The summed E-state index contributed by atoms with van der Waals surface area (Å²) in [5.74, 6) is 0.0675. The number of amides is 2. The van der Waals surface area contributed by atoms with Gasteiger partial charge < -0.3 is 19.4 Å². The highest BCUT2D eigenvalue weighted by Crippen LogP contribution is 2.25. The van der Waals surface area contributed by atoms with Crippen molar-refractivity contribution in [1.82, 2.24) is 15.1 Å². The fraction of sp³-hybridized carbons (Fsp3) is 0.304. The summed E-state index contributed by atoms with van der Waals surface area (Å²) in [5.41, 5.74) is 1.55. The number of nitrogens with zero attached hydrogens (tertiary/aromatic N) is 3. The first-order valence-corrected chi connectivity index (χ1v) is 10.3. The second kappa shape index (κ2) is 9.42. The molecule has 2 aromatic carbocycles. The van der Waals surface area contributed by atoms with Gasteiger partial charge in [0.25, 0.3) is 5.89 Å². The molecule has 0 bridgehead atoms. The van der Waals surface area contributed by atoms with E-state index >= 15 is 0 Å². The van der Waals surface area contributed by atoms with E-state index in [2.05, 4.69) is 15.5 Å². The van der Waals surface area contributed by atoms with Crippen LogP contribution in [0.4, 0.5) is 10.5 Å². The molecule has 31 heavy (non-hydrogen) atoms. The van der Waals surface area contributed by atoms with Crippen molar-refractivity contribution in [2.45, 2.75) is 25.9 Å². The van der Waals surface area contributed by atoms with Gasteiger partial charge in [-0.1, -0.05) is 36.4 Å². The highest BCUT2D eigenvalue weighted by molar-refractivity contribution is 5.89. The van der Waals surface area contributed by atoms with Crippen LogP contribution >= 0.6 is 0 Å². The number of aromatic nitrogens is 2. The number of urea groups is 1. The quantitative estimate of drug-likeness (QED) is 0.619. The molecule has 2 heterocycles. The summed E-state index contributed by atoms with van der Waals surface area (Å²) in [6.07, 6.45) is 0.455. The molecule has 1 atom stereocenters. The van der Waals surface area contributed by atoms with Crippen molar-refractivity contribution in [3.63, 3.8) is 0 Å². The van der Waals surface area contributed by atoms with E-state index in [1.807, 2.05) is 60.7 Å². The second-order valence-corrected chi connectivity index (χ2v) is 7.45. The lowest BCUT2D eigenvalue weighted by Gasteiger charge is -2.31. The summed E-state index contributed by atoms with van der Waals surface area (Å²) in [4.78, 5) is 26.7. The summed E-state index contributed by atoms with van der Waals surface area (Å²) in [6.45, 7) is 2.69. The summed E-state index contributed by atoms with van der Waals surface area (Å²) < 4.78 is 11.2. The van der Waals surface area contributed by atoms with Crippen molar-refractivity contribution in [2.24, 2.45) is 5.92 Å². The van der Waals surface area contributed by atoms with E-state index in [1.54, 1.807) is 11.8 Å². The van der Waals surface area contributed by atoms with Crippen molar-refractivity contribution < 1.29 is 18.7 Å². The number of esters is 1. The van der Waals surface area contributed by atoms with Gasteiger partial charge in [0.2, 0.25) is 5.89 Å². The van der Waals surface area contributed by atoms with Gasteiger partial charge in [0, 0.05) is 24.3 Å². The average molecular weight is 420 g/mol. The van der Waals surface area contributed by atoms with Crippen LogP contribution in [0.2, 0.25) is 0 Å². The molecule has 8 nitrogen and oxygen atoms in total. The summed E-state index contributed by atoms with van der Waals surface area (Å²) in [5, 5.41) is 10.9. The van der Waals surface area contributed by atoms with Crippen LogP contribution < -0.4 is 5.32 Å². The predicted molar refractivity (Wildman–Crippen MR) is 114 cm³/mol. The number of carbonyl (C=O) groups excluding carboxylic acids is 2. The number of ether oxygens (including phenoxy) is 1.